The molecule has 0 aromatic carbocycles. The summed E-state index contributed by atoms with van der Waals surface area (Å²) in [4.78, 5) is 4.25. The zero-order chi connectivity index (χ0) is 13.5. The molecule has 2 atom stereocenters. The van der Waals surface area contributed by atoms with Gasteiger partial charge in [0.05, 0.1) is 24.8 Å². The third kappa shape index (κ3) is 3.78. The fourth-order valence-electron chi connectivity index (χ4n) is 2.67. The highest BCUT2D eigenvalue weighted by Crippen LogP contribution is 2.33. The minimum Gasteiger partial charge on any atom is -0.383 e. The zero-order valence-corrected chi connectivity index (χ0v) is 12.0. The normalized spacial score (nSPS) is 23.7. The molecule has 1 fully saturated rings. The van der Waals surface area contributed by atoms with Crippen molar-refractivity contribution in [2.45, 2.75) is 32.4 Å². The SMILES string of the molecule is CCn1cncc1C1OCCCC1CNCCOC. The van der Waals surface area contributed by atoms with E-state index in [2.05, 4.69) is 21.8 Å². The smallest absolute Gasteiger partial charge is 0.103 e. The van der Waals surface area contributed by atoms with Gasteiger partial charge >= 0.3 is 0 Å². The summed E-state index contributed by atoms with van der Waals surface area (Å²) < 4.78 is 13.2. The van der Waals surface area contributed by atoms with Crippen LogP contribution in [-0.2, 0) is 16.0 Å². The standard InChI is InChI=1S/C14H25N3O2/c1-3-17-11-16-10-13(17)14-12(5-4-7-19-14)9-15-6-8-18-2/h10-12,14-15H,3-9H2,1-2H3. The maximum atomic E-state index is 6.00. The topological polar surface area (TPSA) is 48.3 Å². The molecule has 5 nitrogen and oxygen atoms in total. The second-order valence-corrected chi connectivity index (χ2v) is 5.00. The highest BCUT2D eigenvalue weighted by Gasteiger charge is 2.29. The lowest BCUT2D eigenvalue weighted by atomic mass is 9.92. The molecule has 0 spiro atoms. The Morgan fingerprint density at radius 1 is 1.58 bits per heavy atom. The van der Waals surface area contributed by atoms with Crippen LogP contribution in [0.15, 0.2) is 12.5 Å². The Bertz CT molecular complexity index is 367. The number of imidazole rings is 1. The van der Waals surface area contributed by atoms with Crippen LogP contribution in [-0.4, -0.2) is 43.0 Å². The number of hydrogen-bond acceptors (Lipinski definition) is 4. The van der Waals surface area contributed by atoms with Crippen molar-refractivity contribution in [2.75, 3.05) is 33.4 Å². The predicted octanol–water partition coefficient (Wildman–Crippen LogP) is 1.61. The molecule has 108 valence electrons. The molecule has 1 aliphatic rings. The average molecular weight is 267 g/mol. The van der Waals surface area contributed by atoms with Crippen molar-refractivity contribution < 1.29 is 9.47 Å². The molecule has 19 heavy (non-hydrogen) atoms. The van der Waals surface area contributed by atoms with Gasteiger partial charge in [0.2, 0.25) is 0 Å². The van der Waals surface area contributed by atoms with Gasteiger partial charge in [-0.05, 0) is 19.8 Å². The number of rotatable bonds is 7. The molecule has 1 aromatic heterocycles. The van der Waals surface area contributed by atoms with E-state index in [1.165, 1.54) is 12.1 Å². The first-order valence-electron chi connectivity index (χ1n) is 7.18. The fourth-order valence-corrected chi connectivity index (χ4v) is 2.67. The van der Waals surface area contributed by atoms with E-state index in [0.29, 0.717) is 5.92 Å². The van der Waals surface area contributed by atoms with Gasteiger partial charge in [-0.1, -0.05) is 0 Å². The van der Waals surface area contributed by atoms with E-state index >= 15 is 0 Å². The molecule has 0 bridgehead atoms. The number of nitrogens with zero attached hydrogens (tertiary/aromatic N) is 2. The highest BCUT2D eigenvalue weighted by molar-refractivity contribution is 5.06. The Hall–Kier alpha value is -0.910. The van der Waals surface area contributed by atoms with Crippen LogP contribution in [0.2, 0.25) is 0 Å². The minimum absolute atomic E-state index is 0.172. The van der Waals surface area contributed by atoms with E-state index in [9.17, 15) is 0 Å². The molecule has 1 aliphatic heterocycles. The fraction of sp³-hybridized carbons (Fsp3) is 0.786. The summed E-state index contributed by atoms with van der Waals surface area (Å²) in [5.41, 5.74) is 1.21. The molecule has 1 aromatic rings. The van der Waals surface area contributed by atoms with Crippen molar-refractivity contribution in [3.63, 3.8) is 0 Å². The quantitative estimate of drug-likeness (QED) is 0.762. The van der Waals surface area contributed by atoms with Crippen molar-refractivity contribution in [3.05, 3.63) is 18.2 Å². The molecule has 1 saturated heterocycles. The van der Waals surface area contributed by atoms with Crippen LogP contribution in [0.5, 0.6) is 0 Å². The van der Waals surface area contributed by atoms with E-state index in [-0.39, 0.29) is 6.10 Å². The molecule has 0 amide bonds. The van der Waals surface area contributed by atoms with Gasteiger partial charge in [-0.3, -0.25) is 0 Å². The van der Waals surface area contributed by atoms with E-state index in [1.807, 2.05) is 12.5 Å². The molecule has 2 heterocycles. The lowest BCUT2D eigenvalue weighted by Gasteiger charge is -2.32. The number of aryl methyl sites for hydroxylation is 1. The van der Waals surface area contributed by atoms with Crippen LogP contribution in [0.3, 0.4) is 0 Å². The van der Waals surface area contributed by atoms with Crippen LogP contribution >= 0.6 is 0 Å². The molecular weight excluding hydrogens is 242 g/mol. The summed E-state index contributed by atoms with van der Waals surface area (Å²) in [5, 5.41) is 3.45. The van der Waals surface area contributed by atoms with Crippen molar-refractivity contribution in [3.8, 4) is 0 Å². The highest BCUT2D eigenvalue weighted by atomic mass is 16.5. The molecule has 5 heteroatoms. The van der Waals surface area contributed by atoms with Gasteiger partial charge in [0, 0.05) is 39.3 Å². The second kappa shape index (κ2) is 7.62. The molecule has 0 radical (unpaired) electrons. The van der Waals surface area contributed by atoms with Crippen molar-refractivity contribution >= 4 is 0 Å². The van der Waals surface area contributed by atoms with Crippen molar-refractivity contribution in [1.29, 1.82) is 0 Å². The number of ether oxygens (including phenoxy) is 2. The Balaban J connectivity index is 1.95. The summed E-state index contributed by atoms with van der Waals surface area (Å²) in [6.45, 7) is 6.56. The number of hydrogen-bond donors (Lipinski definition) is 1. The van der Waals surface area contributed by atoms with Crippen LogP contribution in [0.1, 0.15) is 31.6 Å². The Kier molecular flexibility index (Phi) is 5.82. The van der Waals surface area contributed by atoms with E-state index in [4.69, 9.17) is 9.47 Å². The largest absolute Gasteiger partial charge is 0.383 e. The minimum atomic E-state index is 0.172. The second-order valence-electron chi connectivity index (χ2n) is 5.00. The van der Waals surface area contributed by atoms with E-state index in [0.717, 1.165) is 39.3 Å². The summed E-state index contributed by atoms with van der Waals surface area (Å²) in [7, 11) is 1.73. The van der Waals surface area contributed by atoms with E-state index in [1.54, 1.807) is 7.11 Å². The summed E-state index contributed by atoms with van der Waals surface area (Å²) in [6, 6.07) is 0. The molecule has 0 saturated carbocycles. The summed E-state index contributed by atoms with van der Waals surface area (Å²) >= 11 is 0. The maximum absolute atomic E-state index is 6.00. The van der Waals surface area contributed by atoms with Gasteiger partial charge in [0.25, 0.3) is 0 Å². The Morgan fingerprint density at radius 2 is 2.47 bits per heavy atom. The predicted molar refractivity (Wildman–Crippen MR) is 74.1 cm³/mol. The first-order chi connectivity index (χ1) is 9.36. The average Bonchev–Trinajstić information content (AvgIpc) is 2.92. The monoisotopic (exact) mass is 267 g/mol. The lowest BCUT2D eigenvalue weighted by molar-refractivity contribution is -0.0323. The number of aromatic nitrogens is 2. The third-order valence-electron chi connectivity index (χ3n) is 3.71. The maximum Gasteiger partial charge on any atom is 0.103 e. The molecule has 1 N–H and O–H groups in total. The number of nitrogens with one attached hydrogen (secondary N) is 1. The molecule has 2 unspecified atom stereocenters. The zero-order valence-electron chi connectivity index (χ0n) is 12.0. The first kappa shape index (κ1) is 14.5. The first-order valence-corrected chi connectivity index (χ1v) is 7.18. The Labute approximate surface area is 115 Å². The summed E-state index contributed by atoms with van der Waals surface area (Å²) in [5.74, 6) is 0.521. The molecule has 0 aliphatic carbocycles. The van der Waals surface area contributed by atoms with Gasteiger partial charge in [-0.2, -0.15) is 0 Å². The van der Waals surface area contributed by atoms with Gasteiger partial charge in [-0.15, -0.1) is 0 Å². The summed E-state index contributed by atoms with van der Waals surface area (Å²) in [6.07, 6.45) is 6.36. The lowest BCUT2D eigenvalue weighted by Crippen LogP contribution is -2.34. The third-order valence-corrected chi connectivity index (χ3v) is 3.71. The Morgan fingerprint density at radius 3 is 3.26 bits per heavy atom. The van der Waals surface area contributed by atoms with Crippen LogP contribution < -0.4 is 5.32 Å². The van der Waals surface area contributed by atoms with Crippen molar-refractivity contribution in [1.82, 2.24) is 14.9 Å². The number of methoxy groups -OCH3 is 1. The van der Waals surface area contributed by atoms with Gasteiger partial charge < -0.3 is 19.4 Å². The van der Waals surface area contributed by atoms with Gasteiger partial charge in [-0.25, -0.2) is 4.98 Å². The van der Waals surface area contributed by atoms with Gasteiger partial charge in [0.15, 0.2) is 0 Å². The van der Waals surface area contributed by atoms with E-state index < -0.39 is 0 Å². The molecule has 2 rings (SSSR count). The molecular formula is C14H25N3O2. The van der Waals surface area contributed by atoms with Crippen molar-refractivity contribution in [2.24, 2.45) is 5.92 Å². The van der Waals surface area contributed by atoms with Gasteiger partial charge in [0.1, 0.15) is 6.10 Å². The van der Waals surface area contributed by atoms with Crippen LogP contribution in [0.25, 0.3) is 0 Å². The van der Waals surface area contributed by atoms with Crippen LogP contribution in [0, 0.1) is 5.92 Å². The van der Waals surface area contributed by atoms with Crippen LogP contribution in [0.4, 0.5) is 0 Å².